The maximum absolute atomic E-state index is 11.8. The zero-order chi connectivity index (χ0) is 17.8. The van der Waals surface area contributed by atoms with E-state index in [0.717, 1.165) is 5.56 Å². The van der Waals surface area contributed by atoms with Crippen LogP contribution >= 0.6 is 0 Å². The van der Waals surface area contributed by atoms with E-state index in [1.807, 2.05) is 0 Å². The lowest BCUT2D eigenvalue weighted by atomic mass is 10.1. The maximum atomic E-state index is 11.8. The van der Waals surface area contributed by atoms with Crippen molar-refractivity contribution < 1.29 is 23.5 Å². The summed E-state index contributed by atoms with van der Waals surface area (Å²) in [5.74, 6) is 0.369. The van der Waals surface area contributed by atoms with Crippen molar-refractivity contribution in [3.63, 3.8) is 0 Å². The molecule has 0 aliphatic rings. The smallest absolute Gasteiger partial charge is 0.335 e. The lowest BCUT2D eigenvalue weighted by molar-refractivity contribution is 0.0696. The number of aryl methyl sites for hydroxylation is 1. The third kappa shape index (κ3) is 3.84. The van der Waals surface area contributed by atoms with E-state index in [-0.39, 0.29) is 11.3 Å². The predicted octanol–water partition coefficient (Wildman–Crippen LogP) is 3.31. The molecule has 0 fully saturated rings. The lowest BCUT2D eigenvalue weighted by Crippen LogP contribution is -2.16. The van der Waals surface area contributed by atoms with Crippen LogP contribution < -0.4 is 5.43 Å². The molecule has 2 N–H and O–H groups in total. The van der Waals surface area contributed by atoms with Crippen LogP contribution in [0.2, 0.25) is 0 Å². The molecule has 2 heterocycles. The Hall–Kier alpha value is -3.61. The number of hydrogen-bond acceptors (Lipinski definition) is 5. The van der Waals surface area contributed by atoms with Crippen molar-refractivity contribution in [3.8, 4) is 11.3 Å². The zero-order valence-electron chi connectivity index (χ0n) is 13.2. The molecule has 3 rings (SSSR count). The average molecular weight is 338 g/mol. The van der Waals surface area contributed by atoms with E-state index in [0.29, 0.717) is 17.3 Å². The average Bonchev–Trinajstić information content (AvgIpc) is 3.24. The molecule has 2 aromatic heterocycles. The summed E-state index contributed by atoms with van der Waals surface area (Å²) in [5.41, 5.74) is 3.28. The summed E-state index contributed by atoms with van der Waals surface area (Å²) in [4.78, 5) is 22.6. The Morgan fingerprint density at radius 3 is 2.44 bits per heavy atom. The Labute approximate surface area is 142 Å². The molecule has 0 saturated heterocycles. The van der Waals surface area contributed by atoms with Gasteiger partial charge < -0.3 is 13.9 Å². The number of nitrogens with zero attached hydrogens (tertiary/aromatic N) is 1. The van der Waals surface area contributed by atoms with Crippen LogP contribution in [0.4, 0.5) is 0 Å². The van der Waals surface area contributed by atoms with Crippen LogP contribution in [0.25, 0.3) is 11.3 Å². The first-order valence-corrected chi connectivity index (χ1v) is 7.36. The van der Waals surface area contributed by atoms with Crippen LogP contribution in [-0.2, 0) is 0 Å². The van der Waals surface area contributed by atoms with Crippen LogP contribution in [0.3, 0.4) is 0 Å². The minimum Gasteiger partial charge on any atom is -0.478 e. The van der Waals surface area contributed by atoms with Crippen molar-refractivity contribution in [2.24, 2.45) is 5.10 Å². The second kappa shape index (κ2) is 6.88. The van der Waals surface area contributed by atoms with Gasteiger partial charge in [0.2, 0.25) is 0 Å². The number of amides is 1. The molecule has 126 valence electrons. The van der Waals surface area contributed by atoms with Crippen LogP contribution in [-0.4, -0.2) is 23.2 Å². The molecule has 3 aromatic rings. The van der Waals surface area contributed by atoms with Crippen molar-refractivity contribution in [3.05, 3.63) is 71.4 Å². The van der Waals surface area contributed by atoms with E-state index in [9.17, 15) is 9.59 Å². The van der Waals surface area contributed by atoms with Gasteiger partial charge in [0.1, 0.15) is 17.3 Å². The topological polar surface area (TPSA) is 105 Å². The number of nitrogens with one attached hydrogen (secondary N) is 1. The molecule has 25 heavy (non-hydrogen) atoms. The summed E-state index contributed by atoms with van der Waals surface area (Å²) >= 11 is 0. The number of carbonyl (C=O) groups excluding carboxylic acids is 1. The molecule has 7 nitrogen and oxygen atoms in total. The summed E-state index contributed by atoms with van der Waals surface area (Å²) in [6, 6.07) is 13.0. The minimum atomic E-state index is -0.985. The van der Waals surface area contributed by atoms with E-state index < -0.39 is 11.9 Å². The van der Waals surface area contributed by atoms with Gasteiger partial charge in [-0.2, -0.15) is 5.10 Å². The zero-order valence-corrected chi connectivity index (χ0v) is 13.2. The van der Waals surface area contributed by atoms with Crippen molar-refractivity contribution >= 4 is 18.1 Å². The Bertz CT molecular complexity index is 935. The Morgan fingerprint density at radius 2 is 1.80 bits per heavy atom. The second-order valence-electron chi connectivity index (χ2n) is 5.19. The maximum Gasteiger partial charge on any atom is 0.335 e. The standard InChI is InChI=1S/C18H14N2O5/c1-11-2-8-16(24-11)17(21)20-19-10-14-7-9-15(25-14)12-3-5-13(6-4-12)18(22)23/h2-10H,1H3,(H,20,21)(H,22,23)/b19-10+. The first kappa shape index (κ1) is 16.3. The van der Waals surface area contributed by atoms with Crippen molar-refractivity contribution in [1.82, 2.24) is 5.43 Å². The molecule has 0 aliphatic heterocycles. The molecular formula is C18H14N2O5. The summed E-state index contributed by atoms with van der Waals surface area (Å²) in [6.45, 7) is 1.74. The van der Waals surface area contributed by atoms with Crippen LogP contribution in [0.1, 0.15) is 32.4 Å². The number of carbonyl (C=O) groups is 2. The van der Waals surface area contributed by atoms with Gasteiger partial charge in [0.25, 0.3) is 0 Å². The number of rotatable bonds is 5. The van der Waals surface area contributed by atoms with Gasteiger partial charge in [-0.25, -0.2) is 10.2 Å². The van der Waals surface area contributed by atoms with Gasteiger partial charge in [-0.15, -0.1) is 0 Å². The summed E-state index contributed by atoms with van der Waals surface area (Å²) in [6.07, 6.45) is 1.36. The molecule has 0 atom stereocenters. The van der Waals surface area contributed by atoms with Crippen LogP contribution in [0, 0.1) is 6.92 Å². The fourth-order valence-electron chi connectivity index (χ4n) is 2.12. The number of carboxylic acids is 1. The minimum absolute atomic E-state index is 0.174. The molecule has 1 aromatic carbocycles. The van der Waals surface area contributed by atoms with Crippen LogP contribution in [0.5, 0.6) is 0 Å². The molecule has 0 saturated carbocycles. The highest BCUT2D eigenvalue weighted by molar-refractivity contribution is 5.92. The highest BCUT2D eigenvalue weighted by Gasteiger charge is 2.09. The molecule has 7 heteroatoms. The predicted molar refractivity (Wildman–Crippen MR) is 89.6 cm³/mol. The number of aromatic carboxylic acids is 1. The van der Waals surface area contributed by atoms with Crippen molar-refractivity contribution in [2.45, 2.75) is 6.92 Å². The van der Waals surface area contributed by atoms with E-state index in [1.165, 1.54) is 18.3 Å². The summed E-state index contributed by atoms with van der Waals surface area (Å²) in [5, 5.41) is 12.7. The molecule has 0 spiro atoms. The SMILES string of the molecule is Cc1ccc(C(=O)N/N=C/c2ccc(-c3ccc(C(=O)O)cc3)o2)o1. The molecular weight excluding hydrogens is 324 g/mol. The molecule has 0 radical (unpaired) electrons. The third-order valence-electron chi connectivity index (χ3n) is 3.37. The van der Waals surface area contributed by atoms with E-state index in [4.69, 9.17) is 13.9 Å². The van der Waals surface area contributed by atoms with Gasteiger partial charge in [-0.3, -0.25) is 4.79 Å². The Morgan fingerprint density at radius 1 is 1.04 bits per heavy atom. The number of furan rings is 2. The fourth-order valence-corrected chi connectivity index (χ4v) is 2.12. The largest absolute Gasteiger partial charge is 0.478 e. The highest BCUT2D eigenvalue weighted by Crippen LogP contribution is 2.22. The van der Waals surface area contributed by atoms with Crippen LogP contribution in [0.15, 0.2) is 62.5 Å². The monoisotopic (exact) mass is 338 g/mol. The number of carboxylic acid groups (broad SMARTS) is 1. The van der Waals surface area contributed by atoms with E-state index in [1.54, 1.807) is 43.3 Å². The summed E-state index contributed by atoms with van der Waals surface area (Å²) < 4.78 is 10.8. The molecule has 0 aliphatic carbocycles. The lowest BCUT2D eigenvalue weighted by Gasteiger charge is -1.98. The number of hydrogen-bond donors (Lipinski definition) is 2. The molecule has 0 bridgehead atoms. The van der Waals surface area contributed by atoms with Gasteiger partial charge >= 0.3 is 11.9 Å². The first-order chi connectivity index (χ1) is 12.0. The number of benzene rings is 1. The molecule has 0 unspecified atom stereocenters. The first-order valence-electron chi connectivity index (χ1n) is 7.36. The summed E-state index contributed by atoms with van der Waals surface area (Å²) in [7, 11) is 0. The van der Waals surface area contributed by atoms with Gasteiger partial charge in [0.05, 0.1) is 11.8 Å². The Balaban J connectivity index is 1.65. The van der Waals surface area contributed by atoms with Crippen molar-refractivity contribution in [2.75, 3.05) is 0 Å². The third-order valence-corrected chi connectivity index (χ3v) is 3.37. The van der Waals surface area contributed by atoms with Gasteiger partial charge in [-0.05, 0) is 43.3 Å². The van der Waals surface area contributed by atoms with Gasteiger partial charge in [-0.1, -0.05) is 12.1 Å². The Kier molecular flexibility index (Phi) is 4.47. The molecule has 1 amide bonds. The highest BCUT2D eigenvalue weighted by atomic mass is 16.4. The van der Waals surface area contributed by atoms with E-state index >= 15 is 0 Å². The second-order valence-corrected chi connectivity index (χ2v) is 5.19. The van der Waals surface area contributed by atoms with Gasteiger partial charge in [0, 0.05) is 5.56 Å². The van der Waals surface area contributed by atoms with Gasteiger partial charge in [0.15, 0.2) is 5.76 Å². The normalized spacial score (nSPS) is 10.9. The van der Waals surface area contributed by atoms with E-state index in [2.05, 4.69) is 10.5 Å². The fraction of sp³-hybridized carbons (Fsp3) is 0.0556. The van der Waals surface area contributed by atoms with Crippen molar-refractivity contribution in [1.29, 1.82) is 0 Å². The quantitative estimate of drug-likeness (QED) is 0.548. The number of hydrazone groups is 1.